The van der Waals surface area contributed by atoms with Crippen molar-refractivity contribution < 1.29 is 47.5 Å². The summed E-state index contributed by atoms with van der Waals surface area (Å²) in [6.07, 6.45) is -0.100. The third-order valence-corrected chi connectivity index (χ3v) is 11.9. The lowest BCUT2D eigenvalue weighted by atomic mass is 9.89. The van der Waals surface area contributed by atoms with E-state index in [1.165, 1.54) is 17.0 Å². The lowest BCUT2D eigenvalue weighted by molar-refractivity contribution is -0.0659. The van der Waals surface area contributed by atoms with Crippen LogP contribution in [0.1, 0.15) is 52.6 Å². The first-order valence-corrected chi connectivity index (χ1v) is 21.3. The summed E-state index contributed by atoms with van der Waals surface area (Å²) in [5.74, 6) is -0.507. The van der Waals surface area contributed by atoms with E-state index in [1.807, 2.05) is 74.1 Å². The van der Waals surface area contributed by atoms with Crippen molar-refractivity contribution in [2.24, 2.45) is 0 Å². The Morgan fingerprint density at radius 1 is 1.02 bits per heavy atom. The van der Waals surface area contributed by atoms with Crippen LogP contribution in [-0.2, 0) is 18.3 Å². The first kappa shape index (κ1) is 41.8. The van der Waals surface area contributed by atoms with Crippen LogP contribution in [0.15, 0.2) is 65.3 Å². The van der Waals surface area contributed by atoms with E-state index in [0.717, 1.165) is 41.3 Å². The summed E-state index contributed by atoms with van der Waals surface area (Å²) in [5, 5.41) is 29.4. The molecule has 1 amide bonds. The van der Waals surface area contributed by atoms with Gasteiger partial charge >= 0.3 is 13.8 Å². The van der Waals surface area contributed by atoms with Gasteiger partial charge in [-0.25, -0.2) is 28.9 Å². The Labute approximate surface area is 349 Å². The highest BCUT2D eigenvalue weighted by Gasteiger charge is 2.53. The largest absolute Gasteiger partial charge is 0.478 e. The fourth-order valence-corrected chi connectivity index (χ4v) is 8.71. The Morgan fingerprint density at radius 2 is 1.79 bits per heavy atom. The minimum absolute atomic E-state index is 0.00346. The van der Waals surface area contributed by atoms with Gasteiger partial charge in [-0.1, -0.05) is 18.9 Å². The highest BCUT2D eigenvalue weighted by molar-refractivity contribution is 7.47. The summed E-state index contributed by atoms with van der Waals surface area (Å²) in [4.78, 5) is 50.8. The third-order valence-electron chi connectivity index (χ3n) is 10.9. The first-order valence-electron chi connectivity index (χ1n) is 19.8. The molecule has 7 N–H and O–H groups in total. The van der Waals surface area contributed by atoms with Crippen LogP contribution < -0.4 is 31.2 Å². The van der Waals surface area contributed by atoms with Crippen LogP contribution in [0.3, 0.4) is 0 Å². The van der Waals surface area contributed by atoms with Gasteiger partial charge in [-0.15, -0.1) is 0 Å². The molecule has 61 heavy (non-hydrogen) atoms. The topological polar surface area (TPSA) is 253 Å². The van der Waals surface area contributed by atoms with E-state index < -0.39 is 38.3 Å². The monoisotopic (exact) mass is 856 g/mol. The van der Waals surface area contributed by atoms with Crippen molar-refractivity contribution in [2.45, 2.75) is 50.2 Å². The summed E-state index contributed by atoms with van der Waals surface area (Å²) in [7, 11) is 3.42. The molecule has 1 unspecified atom stereocenters. The predicted molar refractivity (Wildman–Crippen MR) is 226 cm³/mol. The van der Waals surface area contributed by atoms with Crippen LogP contribution in [0.4, 0.5) is 17.5 Å². The maximum Gasteiger partial charge on any atom is 0.472 e. The number of phosphoric ester groups is 1. The molecule has 3 aliphatic heterocycles. The van der Waals surface area contributed by atoms with Crippen molar-refractivity contribution in [3.63, 3.8) is 0 Å². The zero-order valence-corrected chi connectivity index (χ0v) is 34.8. The van der Waals surface area contributed by atoms with Gasteiger partial charge in [0.25, 0.3) is 5.91 Å². The number of imidazole rings is 1. The highest BCUT2D eigenvalue weighted by atomic mass is 31.2. The van der Waals surface area contributed by atoms with Gasteiger partial charge in [0.1, 0.15) is 50.1 Å². The van der Waals surface area contributed by atoms with Gasteiger partial charge in [-0.2, -0.15) is 0 Å². The number of rotatable bonds is 13. The van der Waals surface area contributed by atoms with Gasteiger partial charge in [0.05, 0.1) is 18.2 Å². The molecule has 2 aromatic carbocycles. The number of aromatic carboxylic acids is 1. The van der Waals surface area contributed by atoms with Gasteiger partial charge in [0, 0.05) is 67.1 Å². The molecule has 5 heterocycles. The minimum Gasteiger partial charge on any atom is -0.478 e. The molecule has 4 aliphatic rings. The number of phosphoric acid groups is 1. The summed E-state index contributed by atoms with van der Waals surface area (Å²) < 4.78 is 37.9. The number of ether oxygens (including phenoxy) is 1. The normalized spacial score (nSPS) is 21.1. The Morgan fingerprint density at radius 3 is 2.54 bits per heavy atom. The summed E-state index contributed by atoms with van der Waals surface area (Å²) in [5.41, 5.74) is 10.3. The number of anilines is 3. The van der Waals surface area contributed by atoms with Gasteiger partial charge in [0.2, 0.25) is 11.3 Å². The number of carboxylic acids is 1. The van der Waals surface area contributed by atoms with Crippen molar-refractivity contribution >= 4 is 59.3 Å². The van der Waals surface area contributed by atoms with E-state index in [1.54, 1.807) is 12.1 Å². The number of fused-ring (bicyclic) bond motifs is 4. The number of carboxylic acid groups (broad SMARTS) is 1. The molecule has 19 nitrogen and oxygen atoms in total. The van der Waals surface area contributed by atoms with Crippen LogP contribution in [-0.4, -0.2) is 113 Å². The maximum atomic E-state index is 13.3. The number of aromatic nitrogens is 4. The number of carbonyl (C=O) groups excluding carboxylic acids is 1. The molecule has 5 atom stereocenters. The van der Waals surface area contributed by atoms with E-state index in [2.05, 4.69) is 25.6 Å². The number of nitrogens with two attached hydrogens (primary N) is 1. The molecule has 320 valence electrons. The molecule has 1 aliphatic carbocycles. The van der Waals surface area contributed by atoms with E-state index in [0.29, 0.717) is 53.6 Å². The number of benzene rings is 3. The Bertz CT molecular complexity index is 2750. The van der Waals surface area contributed by atoms with Crippen LogP contribution in [0.2, 0.25) is 0 Å². The van der Waals surface area contributed by atoms with Crippen molar-refractivity contribution in [2.75, 3.05) is 63.8 Å². The molecule has 0 radical (unpaired) electrons. The molecule has 0 saturated carbocycles. The van der Waals surface area contributed by atoms with E-state index >= 15 is 0 Å². The lowest BCUT2D eigenvalue weighted by Gasteiger charge is -2.27. The third kappa shape index (κ3) is 8.27. The van der Waals surface area contributed by atoms with Crippen LogP contribution >= 0.6 is 7.82 Å². The van der Waals surface area contributed by atoms with E-state index in [-0.39, 0.29) is 35.0 Å². The summed E-state index contributed by atoms with van der Waals surface area (Å²) in [6.45, 7) is 0.613. The first-order chi connectivity index (χ1) is 29.2. The number of unbranched alkanes of at least 4 members (excludes halogenated alkanes) is 3. The van der Waals surface area contributed by atoms with Crippen molar-refractivity contribution in [3.8, 4) is 22.5 Å². The van der Waals surface area contributed by atoms with Crippen LogP contribution in [0, 0.1) is 0 Å². The molecule has 2 saturated heterocycles. The number of amides is 1. The molecule has 0 spiro atoms. The number of nitrogens with one attached hydrogen (secondary N) is 2. The minimum atomic E-state index is -4.33. The van der Waals surface area contributed by atoms with E-state index in [4.69, 9.17) is 23.9 Å². The maximum absolute atomic E-state index is 13.3. The molecular weight excluding hydrogens is 809 g/mol. The standard InChI is InChI=1S/C41H46N9O10P/c1-48(2)23-10-13-26-29(18-23)58-30-19-24(49(3)4)11-14-27(30)32(26)25-12-9-22(17-28(25)40(53)54)38(52)43-15-7-5-6-8-16-44-41-47-33-36(42)45-21-46-37(33)50(41)39-34(51)35-31(59-39)20-57-61(55,56)60-35/h9-14,17-19,21,31,34-35,39,42-43,51H,5-8,15-16,20H2,1-4H3,(H3,52,53,54,55,56)/p+1/t31-,34-,35-,39-/m1/s1. The molecule has 20 heteroatoms. The fraction of sp³-hybridized carbons (Fsp3) is 0.366. The number of nitrogen functional groups attached to an aromatic ring is 1. The predicted octanol–water partition coefficient (Wildman–Crippen LogP) is 3.90. The van der Waals surface area contributed by atoms with Crippen molar-refractivity contribution in [3.05, 3.63) is 77.4 Å². The smallest absolute Gasteiger partial charge is 0.472 e. The zero-order valence-electron chi connectivity index (χ0n) is 33.9. The number of hydrogen-bond acceptors (Lipinski definition) is 14. The molecule has 4 aromatic rings. The number of aliphatic hydroxyl groups is 1. The Kier molecular flexibility index (Phi) is 11.5. The second kappa shape index (κ2) is 16.8. The Balaban J connectivity index is 0.906. The van der Waals surface area contributed by atoms with Crippen molar-refractivity contribution in [1.82, 2.24) is 29.4 Å². The number of aliphatic hydroxyl groups excluding tert-OH is 1. The number of carbonyl (C=O) groups is 2. The average Bonchev–Trinajstić information content (AvgIpc) is 3.76. The molecule has 2 fully saturated rings. The number of hydrogen-bond donors (Lipinski definition) is 6. The van der Waals surface area contributed by atoms with E-state index in [9.17, 15) is 29.3 Å². The quantitative estimate of drug-likeness (QED) is 0.0417. The fourth-order valence-electron chi connectivity index (χ4n) is 7.74. The van der Waals surface area contributed by atoms with Gasteiger partial charge in [-0.3, -0.25) is 18.4 Å². The average molecular weight is 857 g/mol. The molecular formula is C41H47N9O10P+. The Hall–Kier alpha value is -5.95. The second-order valence-corrected chi connectivity index (χ2v) is 16.8. The SMILES string of the molecule is CN(C)c1ccc2c(-c3ccc(C(=O)NCCCCCCNc4nc5c(N)ncnc5n4[C@@H]4O[C@@H]5COP(=O)(O)O[C@H]5[C@H]4O)cc3C(=O)O)c3ccc(=[N+](C)C)cc-3oc2c1. The van der Waals surface area contributed by atoms with Gasteiger partial charge in [-0.05, 0) is 48.7 Å². The number of nitrogens with zero attached hydrogens (tertiary/aromatic N) is 6. The molecule has 0 bridgehead atoms. The van der Waals surface area contributed by atoms with Crippen LogP contribution in [0.5, 0.6) is 0 Å². The molecule has 2 aromatic heterocycles. The zero-order chi connectivity index (χ0) is 43.2. The van der Waals surface area contributed by atoms with Crippen molar-refractivity contribution in [1.29, 1.82) is 0 Å². The van der Waals surface area contributed by atoms with Gasteiger partial charge in [0.15, 0.2) is 23.2 Å². The summed E-state index contributed by atoms with van der Waals surface area (Å²) in [6, 6.07) is 16.4. The highest BCUT2D eigenvalue weighted by Crippen LogP contribution is 2.53. The van der Waals surface area contributed by atoms with Crippen LogP contribution in [0.25, 0.3) is 44.6 Å². The second-order valence-electron chi connectivity index (χ2n) is 15.4. The lowest BCUT2D eigenvalue weighted by Crippen LogP contribution is -2.39. The summed E-state index contributed by atoms with van der Waals surface area (Å²) >= 11 is 0. The molecule has 8 rings (SSSR count). The van der Waals surface area contributed by atoms with Gasteiger partial charge < -0.3 is 45.5 Å².